The van der Waals surface area contributed by atoms with Gasteiger partial charge in [-0.2, -0.15) is 0 Å². The summed E-state index contributed by atoms with van der Waals surface area (Å²) in [7, 11) is -2.57. The first-order valence-electron chi connectivity index (χ1n) is 16.2. The number of halogens is 4. The number of likely N-dealkylation sites (tertiary alicyclic amines) is 2. The molecule has 2 saturated heterocycles. The average molecular weight is 847 g/mol. The summed E-state index contributed by atoms with van der Waals surface area (Å²) in [6, 6.07) is 12.0. The summed E-state index contributed by atoms with van der Waals surface area (Å²) >= 11 is 0. The standard InChI is InChI=1S/2C16H25N3O2S.4ClH.3H2O/c2*1-19-10-2-3-15(19)7-9-18-22(20,21)16-5-4-13-6-8-17-12-14(13)11-16;;;;;;;/h2*4-5,11,15,17-18H,2-3,6-10,12H2,1H3;4*1H;3*1H2/t2*15-;;;;;;;/m00......./s1. The molecule has 0 spiro atoms. The zero-order valence-corrected chi connectivity index (χ0v) is 34.3. The van der Waals surface area contributed by atoms with Crippen LogP contribution in [0.5, 0.6) is 0 Å². The van der Waals surface area contributed by atoms with Crippen LogP contribution in [-0.4, -0.2) is 109 Å². The van der Waals surface area contributed by atoms with Crippen LogP contribution in [0.25, 0.3) is 0 Å². The molecule has 13 nitrogen and oxygen atoms in total. The monoisotopic (exact) mass is 844 g/mol. The quantitative estimate of drug-likeness (QED) is 0.274. The summed E-state index contributed by atoms with van der Waals surface area (Å²) in [5, 5.41) is 6.57. The highest BCUT2D eigenvalue weighted by atomic mass is 35.5. The minimum absolute atomic E-state index is 0. The number of fused-ring (bicyclic) bond motifs is 2. The van der Waals surface area contributed by atoms with Crippen molar-refractivity contribution in [3.8, 4) is 0 Å². The summed E-state index contributed by atoms with van der Waals surface area (Å²) in [6.45, 7) is 6.69. The van der Waals surface area contributed by atoms with Crippen molar-refractivity contribution in [3.63, 3.8) is 0 Å². The molecule has 51 heavy (non-hydrogen) atoms. The number of hydrogen-bond donors (Lipinski definition) is 4. The van der Waals surface area contributed by atoms with Crippen molar-refractivity contribution >= 4 is 69.7 Å². The maximum atomic E-state index is 12.4. The highest BCUT2D eigenvalue weighted by Crippen LogP contribution is 2.22. The first kappa shape index (κ1) is 54.5. The summed E-state index contributed by atoms with van der Waals surface area (Å²) in [5.74, 6) is 0. The van der Waals surface area contributed by atoms with Crippen molar-refractivity contribution < 1.29 is 33.3 Å². The first-order valence-corrected chi connectivity index (χ1v) is 19.1. The Bertz CT molecular complexity index is 1400. The third kappa shape index (κ3) is 15.1. The number of hydrogen-bond acceptors (Lipinski definition) is 8. The van der Waals surface area contributed by atoms with E-state index in [-0.39, 0.29) is 66.1 Å². The Morgan fingerprint density at radius 2 is 1.00 bits per heavy atom. The van der Waals surface area contributed by atoms with Crippen molar-refractivity contribution in [3.05, 3.63) is 58.7 Å². The second-order valence-electron chi connectivity index (χ2n) is 12.6. The lowest BCUT2D eigenvalue weighted by atomic mass is 10.0. The first-order chi connectivity index (χ1) is 21.1. The van der Waals surface area contributed by atoms with E-state index in [1.54, 1.807) is 12.1 Å². The van der Waals surface area contributed by atoms with Crippen LogP contribution in [0.4, 0.5) is 0 Å². The fraction of sp³-hybridized carbons (Fsp3) is 0.625. The van der Waals surface area contributed by atoms with Gasteiger partial charge in [0.1, 0.15) is 0 Å². The topological polar surface area (TPSA) is 217 Å². The van der Waals surface area contributed by atoms with Gasteiger partial charge in [-0.25, -0.2) is 26.3 Å². The number of benzene rings is 2. The normalized spacial score (nSPS) is 19.6. The molecule has 0 saturated carbocycles. The van der Waals surface area contributed by atoms with Crippen molar-refractivity contribution in [1.29, 1.82) is 0 Å². The lowest BCUT2D eigenvalue weighted by Crippen LogP contribution is -2.32. The van der Waals surface area contributed by atoms with Crippen LogP contribution < -0.4 is 20.1 Å². The Labute approximate surface area is 329 Å². The number of nitrogens with one attached hydrogen (secondary N) is 4. The van der Waals surface area contributed by atoms with Crippen LogP contribution in [0.2, 0.25) is 0 Å². The zero-order chi connectivity index (χ0) is 31.2. The Hall–Kier alpha value is -0.860. The molecule has 4 aliphatic rings. The molecule has 0 aliphatic carbocycles. The molecule has 0 bridgehead atoms. The molecule has 6 rings (SSSR count). The molecule has 4 heterocycles. The van der Waals surface area contributed by atoms with Gasteiger partial charge in [0.2, 0.25) is 20.0 Å². The van der Waals surface area contributed by atoms with Gasteiger partial charge in [-0.3, -0.25) is 0 Å². The molecule has 10 N–H and O–H groups in total. The Balaban J connectivity index is -0.000000794. The predicted molar refractivity (Wildman–Crippen MR) is 214 cm³/mol. The largest absolute Gasteiger partial charge is 0.412 e. The van der Waals surface area contributed by atoms with Crippen molar-refractivity contribution in [2.45, 2.75) is 86.3 Å². The van der Waals surface area contributed by atoms with Gasteiger partial charge in [0.05, 0.1) is 9.79 Å². The Morgan fingerprint density at radius 1 is 0.627 bits per heavy atom. The third-order valence-corrected chi connectivity index (χ3v) is 12.5. The molecule has 19 heteroatoms. The molecular weight excluding hydrogens is 786 g/mol. The Morgan fingerprint density at radius 3 is 1.33 bits per heavy atom. The summed E-state index contributed by atoms with van der Waals surface area (Å²) in [6.07, 6.45) is 8.46. The maximum absolute atomic E-state index is 12.4. The molecule has 2 aromatic carbocycles. The third-order valence-electron chi connectivity index (χ3n) is 9.63. The lowest BCUT2D eigenvalue weighted by molar-refractivity contribution is 0.297. The number of nitrogens with zero attached hydrogens (tertiary/aromatic N) is 2. The van der Waals surface area contributed by atoms with E-state index in [9.17, 15) is 16.8 Å². The second-order valence-corrected chi connectivity index (χ2v) is 16.2. The highest BCUT2D eigenvalue weighted by Gasteiger charge is 2.24. The smallest absolute Gasteiger partial charge is 0.240 e. The van der Waals surface area contributed by atoms with Gasteiger partial charge in [-0.05, 0) is 138 Å². The minimum atomic E-state index is -3.40. The van der Waals surface area contributed by atoms with E-state index in [1.165, 1.54) is 36.8 Å². The van der Waals surface area contributed by atoms with Gasteiger partial charge in [-0.15, -0.1) is 49.6 Å². The van der Waals surface area contributed by atoms with Crippen molar-refractivity contribution in [2.24, 2.45) is 0 Å². The van der Waals surface area contributed by atoms with E-state index >= 15 is 0 Å². The van der Waals surface area contributed by atoms with Crippen LogP contribution in [0.15, 0.2) is 46.2 Å². The summed E-state index contributed by atoms with van der Waals surface area (Å²) in [4.78, 5) is 5.40. The minimum Gasteiger partial charge on any atom is -0.412 e. The number of rotatable bonds is 10. The van der Waals surface area contributed by atoms with E-state index in [4.69, 9.17) is 0 Å². The van der Waals surface area contributed by atoms with Crippen LogP contribution >= 0.6 is 49.6 Å². The van der Waals surface area contributed by atoms with Crippen LogP contribution in [0, 0.1) is 0 Å². The summed E-state index contributed by atoms with van der Waals surface area (Å²) in [5.41, 5.74) is 4.71. The van der Waals surface area contributed by atoms with E-state index < -0.39 is 20.0 Å². The van der Waals surface area contributed by atoms with E-state index in [1.807, 2.05) is 24.3 Å². The van der Waals surface area contributed by atoms with Gasteiger partial charge < -0.3 is 36.9 Å². The van der Waals surface area contributed by atoms with Crippen LogP contribution in [-0.2, 0) is 46.0 Å². The predicted octanol–water partition coefficient (Wildman–Crippen LogP) is 1.40. The van der Waals surface area contributed by atoms with Crippen molar-refractivity contribution in [1.82, 2.24) is 29.9 Å². The molecule has 0 radical (unpaired) electrons. The molecular formula is C32H60Cl4N6O7S2. The molecule has 2 aromatic rings. The van der Waals surface area contributed by atoms with Gasteiger partial charge in [0.25, 0.3) is 0 Å². The zero-order valence-electron chi connectivity index (χ0n) is 29.4. The average Bonchev–Trinajstić information content (AvgIpc) is 3.63. The van der Waals surface area contributed by atoms with Gasteiger partial charge >= 0.3 is 0 Å². The van der Waals surface area contributed by atoms with E-state index in [0.717, 1.165) is 76.1 Å². The van der Waals surface area contributed by atoms with E-state index in [2.05, 4.69) is 44.0 Å². The van der Waals surface area contributed by atoms with Gasteiger partial charge in [0, 0.05) is 38.3 Å². The van der Waals surface area contributed by atoms with Crippen LogP contribution in [0.3, 0.4) is 0 Å². The Kier molecular flexibility index (Phi) is 27.0. The fourth-order valence-corrected chi connectivity index (χ4v) is 9.02. The number of sulfonamides is 2. The highest BCUT2D eigenvalue weighted by molar-refractivity contribution is 7.89. The molecule has 4 aliphatic heterocycles. The van der Waals surface area contributed by atoms with Crippen LogP contribution in [0.1, 0.15) is 60.8 Å². The van der Waals surface area contributed by atoms with Crippen molar-refractivity contribution in [2.75, 3.05) is 53.4 Å². The van der Waals surface area contributed by atoms with Gasteiger partial charge in [0.15, 0.2) is 0 Å². The second kappa shape index (κ2) is 25.3. The molecule has 2 atom stereocenters. The fourth-order valence-electron chi connectivity index (χ4n) is 6.82. The molecule has 2 fully saturated rings. The lowest BCUT2D eigenvalue weighted by Gasteiger charge is -2.20. The van der Waals surface area contributed by atoms with Gasteiger partial charge in [-0.1, -0.05) is 12.1 Å². The molecule has 0 amide bonds. The molecule has 0 aromatic heterocycles. The molecule has 0 unspecified atom stereocenters. The summed E-state index contributed by atoms with van der Waals surface area (Å²) < 4.78 is 55.2. The SMILES string of the molecule is CN1CCC[C@H]1CCNS(=O)(=O)c1ccc2c(c1)CNCC2.CN1CCC[C@H]1CCNS(=O)(=O)c1ccc2c(c1)CNCC2.Cl.Cl.Cl.Cl.O.O.O. The van der Waals surface area contributed by atoms with E-state index in [0.29, 0.717) is 35.0 Å². The maximum Gasteiger partial charge on any atom is 0.240 e. The molecule has 300 valence electrons.